The fourth-order valence-electron chi connectivity index (χ4n) is 2.94. The van der Waals surface area contributed by atoms with E-state index in [9.17, 15) is 9.59 Å². The van der Waals surface area contributed by atoms with E-state index >= 15 is 0 Å². The van der Waals surface area contributed by atoms with Gasteiger partial charge in [0.15, 0.2) is 0 Å². The second-order valence-corrected chi connectivity index (χ2v) is 9.10. The molecule has 0 unspecified atom stereocenters. The van der Waals surface area contributed by atoms with Gasteiger partial charge in [0.25, 0.3) is 5.91 Å². The van der Waals surface area contributed by atoms with Crippen LogP contribution in [0.25, 0.3) is 0 Å². The molecule has 0 spiro atoms. The van der Waals surface area contributed by atoms with Crippen molar-refractivity contribution in [2.45, 2.75) is 19.8 Å². The number of rotatable bonds is 9. The molecule has 182 valence electrons. The summed E-state index contributed by atoms with van der Waals surface area (Å²) in [5.74, 6) is -0.0699. The highest BCUT2D eigenvalue weighted by Gasteiger charge is 2.11. The number of nitrogens with zero attached hydrogens (tertiary/aromatic N) is 1. The van der Waals surface area contributed by atoms with Crippen molar-refractivity contribution in [3.05, 3.63) is 91.9 Å². The van der Waals surface area contributed by atoms with Crippen molar-refractivity contribution in [3.8, 4) is 5.75 Å². The first kappa shape index (κ1) is 26.8. The third-order valence-electron chi connectivity index (χ3n) is 4.78. The molecule has 2 amide bonds. The van der Waals surface area contributed by atoms with E-state index in [1.807, 2.05) is 0 Å². The molecule has 3 aromatic carbocycles. The molecule has 0 fully saturated rings. The van der Waals surface area contributed by atoms with Gasteiger partial charge in [0.05, 0.1) is 27.9 Å². The lowest BCUT2D eigenvalue weighted by Gasteiger charge is -2.09. The van der Waals surface area contributed by atoms with Crippen molar-refractivity contribution >= 4 is 69.6 Å². The van der Waals surface area contributed by atoms with Crippen LogP contribution in [0.15, 0.2) is 65.8 Å². The third-order valence-corrected chi connectivity index (χ3v) is 5.86. The summed E-state index contributed by atoms with van der Waals surface area (Å²) in [4.78, 5) is 24.5. The first-order valence-corrected chi connectivity index (χ1v) is 12.0. The van der Waals surface area contributed by atoms with Crippen LogP contribution in [0, 0.1) is 0 Å². The van der Waals surface area contributed by atoms with E-state index < -0.39 is 0 Å². The summed E-state index contributed by atoms with van der Waals surface area (Å²) >= 11 is 23.9. The van der Waals surface area contributed by atoms with Gasteiger partial charge >= 0.3 is 0 Å². The molecule has 0 aliphatic heterocycles. The number of anilines is 1. The van der Waals surface area contributed by atoms with E-state index in [0.717, 1.165) is 5.56 Å². The van der Waals surface area contributed by atoms with Crippen LogP contribution in [0.1, 0.15) is 35.7 Å². The lowest BCUT2D eigenvalue weighted by atomic mass is 10.1. The molecule has 0 heterocycles. The summed E-state index contributed by atoms with van der Waals surface area (Å²) < 4.78 is 5.57. The summed E-state index contributed by atoms with van der Waals surface area (Å²) in [5.41, 5.74) is 4.84. The number of carbonyl (C=O) groups is 2. The van der Waals surface area contributed by atoms with E-state index in [2.05, 4.69) is 15.8 Å². The highest BCUT2D eigenvalue weighted by atomic mass is 35.5. The fourth-order valence-corrected chi connectivity index (χ4v) is 3.90. The zero-order valence-electron chi connectivity index (χ0n) is 18.6. The number of hydrogen-bond acceptors (Lipinski definition) is 4. The Hall–Kier alpha value is -2.77. The molecule has 3 rings (SSSR count). The Labute approximate surface area is 223 Å². The van der Waals surface area contributed by atoms with Crippen molar-refractivity contribution in [2.24, 2.45) is 5.10 Å². The van der Waals surface area contributed by atoms with Gasteiger partial charge in [-0.1, -0.05) is 58.5 Å². The molecule has 0 aliphatic carbocycles. The Morgan fingerprint density at radius 3 is 2.20 bits per heavy atom. The molecule has 0 atom stereocenters. The van der Waals surface area contributed by atoms with Crippen molar-refractivity contribution in [1.29, 1.82) is 0 Å². The second-order valence-electron chi connectivity index (χ2n) is 7.41. The van der Waals surface area contributed by atoms with Crippen LogP contribution in [0.4, 0.5) is 5.69 Å². The van der Waals surface area contributed by atoms with Gasteiger partial charge in [-0.3, -0.25) is 9.59 Å². The third kappa shape index (κ3) is 8.15. The summed E-state index contributed by atoms with van der Waals surface area (Å²) in [6, 6.07) is 16.7. The number of benzene rings is 3. The highest BCUT2D eigenvalue weighted by Crippen LogP contribution is 2.27. The molecular weight excluding hydrogens is 532 g/mol. The van der Waals surface area contributed by atoms with Crippen molar-refractivity contribution in [1.82, 2.24) is 5.43 Å². The lowest BCUT2D eigenvalue weighted by Crippen LogP contribution is -2.19. The molecule has 35 heavy (non-hydrogen) atoms. The number of amides is 2. The normalized spacial score (nSPS) is 11.2. The van der Waals surface area contributed by atoms with Crippen LogP contribution < -0.4 is 15.5 Å². The zero-order valence-corrected chi connectivity index (χ0v) is 21.6. The maximum absolute atomic E-state index is 12.4. The minimum atomic E-state index is -0.348. The van der Waals surface area contributed by atoms with Gasteiger partial charge in [-0.25, -0.2) is 5.43 Å². The van der Waals surface area contributed by atoms with Crippen LogP contribution in [-0.2, 0) is 4.79 Å². The van der Waals surface area contributed by atoms with Crippen LogP contribution in [0.5, 0.6) is 5.75 Å². The van der Waals surface area contributed by atoms with Crippen LogP contribution >= 0.6 is 46.4 Å². The van der Waals surface area contributed by atoms with Gasteiger partial charge < -0.3 is 10.1 Å². The average molecular weight is 553 g/mol. The Balaban J connectivity index is 1.45. The van der Waals surface area contributed by atoms with Crippen LogP contribution in [0.2, 0.25) is 20.1 Å². The predicted molar refractivity (Wildman–Crippen MR) is 142 cm³/mol. The number of ether oxygens (including phenoxy) is 1. The minimum absolute atomic E-state index is 0.236. The number of nitrogens with one attached hydrogen (secondary N) is 2. The summed E-state index contributed by atoms with van der Waals surface area (Å²) in [6.45, 7) is 2.10. The molecule has 6 nitrogen and oxygen atoms in total. The largest absolute Gasteiger partial charge is 0.492 e. The number of halogens is 4. The molecule has 2 N–H and O–H groups in total. The molecule has 10 heteroatoms. The molecule has 0 saturated heterocycles. The van der Waals surface area contributed by atoms with Gasteiger partial charge in [-0.15, -0.1) is 0 Å². The van der Waals surface area contributed by atoms with E-state index in [0.29, 0.717) is 50.8 Å². The number of hydrogen-bond donors (Lipinski definition) is 2. The zero-order chi connectivity index (χ0) is 25.4. The van der Waals surface area contributed by atoms with E-state index in [1.165, 1.54) is 6.07 Å². The van der Waals surface area contributed by atoms with Gasteiger partial charge in [0, 0.05) is 22.2 Å². The monoisotopic (exact) mass is 551 g/mol. The summed E-state index contributed by atoms with van der Waals surface area (Å²) in [7, 11) is 0. The Bertz CT molecular complexity index is 1250. The van der Waals surface area contributed by atoms with Crippen molar-refractivity contribution < 1.29 is 14.3 Å². The summed E-state index contributed by atoms with van der Waals surface area (Å²) in [5, 5.41) is 8.58. The van der Waals surface area contributed by atoms with Gasteiger partial charge in [-0.2, -0.15) is 5.10 Å². The van der Waals surface area contributed by atoms with Crippen LogP contribution in [0.3, 0.4) is 0 Å². The van der Waals surface area contributed by atoms with E-state index in [1.54, 1.807) is 61.5 Å². The first-order valence-electron chi connectivity index (χ1n) is 10.5. The van der Waals surface area contributed by atoms with E-state index in [-0.39, 0.29) is 23.3 Å². The Morgan fingerprint density at radius 2 is 1.54 bits per heavy atom. The molecule has 0 aromatic heterocycles. The Morgan fingerprint density at radius 1 is 0.886 bits per heavy atom. The Kier molecular flexibility index (Phi) is 9.81. The SMILES string of the molecule is CC(=NNC(=O)CCCOc1ccc(Cl)cc1Cl)c1ccc(NC(=O)c2ccc(Cl)cc2Cl)cc1. The number of hydrazone groups is 1. The van der Waals surface area contributed by atoms with Gasteiger partial charge in [0.2, 0.25) is 5.91 Å². The molecule has 0 aliphatic rings. The lowest BCUT2D eigenvalue weighted by molar-refractivity contribution is -0.121. The smallest absolute Gasteiger partial charge is 0.257 e. The topological polar surface area (TPSA) is 79.8 Å². The van der Waals surface area contributed by atoms with Gasteiger partial charge in [-0.05, 0) is 67.4 Å². The number of carbonyl (C=O) groups excluding carboxylic acids is 2. The quantitative estimate of drug-likeness (QED) is 0.167. The van der Waals surface area contributed by atoms with Crippen molar-refractivity contribution in [2.75, 3.05) is 11.9 Å². The molecular formula is C25H21Cl4N3O3. The average Bonchev–Trinajstić information content (AvgIpc) is 2.81. The maximum Gasteiger partial charge on any atom is 0.257 e. The molecule has 0 bridgehead atoms. The molecule has 3 aromatic rings. The second kappa shape index (κ2) is 12.8. The minimum Gasteiger partial charge on any atom is -0.492 e. The predicted octanol–water partition coefficient (Wildman–Crippen LogP) is 7.25. The maximum atomic E-state index is 12.4. The molecule has 0 radical (unpaired) electrons. The standard InChI is InChI=1S/C25H21Cl4N3O3/c1-15(31-32-24(33)3-2-12-35-23-11-7-18(27)14-22(23)29)16-4-8-19(9-5-16)30-25(34)20-10-6-17(26)13-21(20)28/h4-11,13-14H,2-3,12H2,1H3,(H,30,34)(H,32,33). The molecule has 0 saturated carbocycles. The first-order chi connectivity index (χ1) is 16.7. The van der Waals surface area contributed by atoms with Gasteiger partial charge in [0.1, 0.15) is 5.75 Å². The highest BCUT2D eigenvalue weighted by molar-refractivity contribution is 6.37. The fraction of sp³-hybridized carbons (Fsp3) is 0.160. The van der Waals surface area contributed by atoms with E-state index in [4.69, 9.17) is 51.1 Å². The summed E-state index contributed by atoms with van der Waals surface area (Å²) in [6.07, 6.45) is 0.728. The van der Waals surface area contributed by atoms with Crippen molar-refractivity contribution in [3.63, 3.8) is 0 Å². The van der Waals surface area contributed by atoms with Crippen LogP contribution in [-0.4, -0.2) is 24.1 Å².